The molecule has 2 aliphatic carbocycles. The fourth-order valence-corrected chi connectivity index (χ4v) is 3.54. The smallest absolute Gasteiger partial charge is 0.0170 e. The Morgan fingerprint density at radius 3 is 2.48 bits per heavy atom. The quantitative estimate of drug-likeness (QED) is 0.720. The third-order valence-corrected chi connectivity index (χ3v) is 5.09. The number of hydrogen-bond acceptors (Lipinski definition) is 1. The first-order chi connectivity index (χ1) is 10.3. The molecule has 0 aliphatic heterocycles. The standard InChI is InChI=1S/C20H29N/c1-16(17-8-4-2-5-9-17)14-19(15-21-20-12-13-20)18-10-6-3-7-11-18/h2,4-5,8-9,14,16,18,20-21H,3,6-7,10-13,15H2,1H3/b19-14-. The van der Waals surface area contributed by atoms with Crippen LogP contribution in [-0.4, -0.2) is 12.6 Å². The van der Waals surface area contributed by atoms with Gasteiger partial charge in [0.05, 0.1) is 0 Å². The van der Waals surface area contributed by atoms with Crippen molar-refractivity contribution in [3.63, 3.8) is 0 Å². The van der Waals surface area contributed by atoms with Gasteiger partial charge in [-0.15, -0.1) is 0 Å². The van der Waals surface area contributed by atoms with Crippen LogP contribution in [0.3, 0.4) is 0 Å². The van der Waals surface area contributed by atoms with Crippen LogP contribution >= 0.6 is 0 Å². The van der Waals surface area contributed by atoms with Crippen LogP contribution in [-0.2, 0) is 0 Å². The highest BCUT2D eigenvalue weighted by Gasteiger charge is 2.23. The second kappa shape index (κ2) is 7.26. The maximum absolute atomic E-state index is 3.74. The topological polar surface area (TPSA) is 12.0 Å². The van der Waals surface area contributed by atoms with Crippen molar-refractivity contribution in [2.75, 3.05) is 6.54 Å². The molecule has 1 aromatic carbocycles. The van der Waals surface area contributed by atoms with E-state index in [-0.39, 0.29) is 0 Å². The summed E-state index contributed by atoms with van der Waals surface area (Å²) in [5.74, 6) is 1.36. The van der Waals surface area contributed by atoms with Crippen molar-refractivity contribution in [3.05, 3.63) is 47.5 Å². The van der Waals surface area contributed by atoms with Crippen molar-refractivity contribution in [2.45, 2.75) is 63.8 Å². The van der Waals surface area contributed by atoms with Gasteiger partial charge in [0.25, 0.3) is 0 Å². The number of rotatable bonds is 6. The minimum absolute atomic E-state index is 0.532. The molecular weight excluding hydrogens is 254 g/mol. The van der Waals surface area contributed by atoms with Crippen molar-refractivity contribution < 1.29 is 0 Å². The summed E-state index contributed by atoms with van der Waals surface area (Å²) in [6.45, 7) is 3.46. The van der Waals surface area contributed by atoms with E-state index in [0.29, 0.717) is 5.92 Å². The fourth-order valence-electron chi connectivity index (χ4n) is 3.54. The number of hydrogen-bond donors (Lipinski definition) is 1. The summed E-state index contributed by atoms with van der Waals surface area (Å²) in [6.07, 6.45) is 12.4. The summed E-state index contributed by atoms with van der Waals surface area (Å²) in [6, 6.07) is 11.7. The van der Waals surface area contributed by atoms with E-state index >= 15 is 0 Å². The monoisotopic (exact) mass is 283 g/mol. The van der Waals surface area contributed by atoms with E-state index in [2.05, 4.69) is 48.6 Å². The third kappa shape index (κ3) is 4.44. The predicted octanol–water partition coefficient (Wildman–Crippen LogP) is 5.05. The molecule has 0 spiro atoms. The number of nitrogens with one attached hydrogen (secondary N) is 1. The molecule has 21 heavy (non-hydrogen) atoms. The lowest BCUT2D eigenvalue weighted by Crippen LogP contribution is -2.24. The van der Waals surface area contributed by atoms with Gasteiger partial charge in [0.15, 0.2) is 0 Å². The first-order valence-electron chi connectivity index (χ1n) is 8.82. The maximum Gasteiger partial charge on any atom is 0.0170 e. The molecule has 0 heterocycles. The largest absolute Gasteiger partial charge is 0.310 e. The Morgan fingerprint density at radius 2 is 1.81 bits per heavy atom. The molecule has 1 nitrogen and oxygen atoms in total. The van der Waals surface area contributed by atoms with Crippen LogP contribution in [0.5, 0.6) is 0 Å². The van der Waals surface area contributed by atoms with Gasteiger partial charge in [-0.25, -0.2) is 0 Å². The zero-order valence-electron chi connectivity index (χ0n) is 13.4. The molecule has 0 bridgehead atoms. The summed E-state index contributed by atoms with van der Waals surface area (Å²) >= 11 is 0. The molecule has 1 atom stereocenters. The Kier molecular flexibility index (Phi) is 5.13. The molecule has 1 unspecified atom stereocenters. The van der Waals surface area contributed by atoms with E-state index in [4.69, 9.17) is 0 Å². The average Bonchev–Trinajstić information content (AvgIpc) is 3.37. The van der Waals surface area contributed by atoms with Crippen molar-refractivity contribution >= 4 is 0 Å². The minimum Gasteiger partial charge on any atom is -0.310 e. The highest BCUT2D eigenvalue weighted by Crippen LogP contribution is 2.32. The Hall–Kier alpha value is -1.08. The van der Waals surface area contributed by atoms with E-state index < -0.39 is 0 Å². The Morgan fingerprint density at radius 1 is 1.10 bits per heavy atom. The third-order valence-electron chi connectivity index (χ3n) is 5.09. The zero-order valence-corrected chi connectivity index (χ0v) is 13.4. The second-order valence-corrected chi connectivity index (χ2v) is 6.93. The van der Waals surface area contributed by atoms with Crippen LogP contribution in [0.25, 0.3) is 0 Å². The Labute approximate surface area is 129 Å². The van der Waals surface area contributed by atoms with Crippen molar-refractivity contribution in [2.24, 2.45) is 5.92 Å². The lowest BCUT2D eigenvalue weighted by atomic mass is 9.82. The van der Waals surface area contributed by atoms with Crippen LogP contribution < -0.4 is 5.32 Å². The van der Waals surface area contributed by atoms with Gasteiger partial charge in [-0.05, 0) is 43.1 Å². The normalized spacial score (nSPS) is 22.2. The van der Waals surface area contributed by atoms with Gasteiger partial charge in [-0.3, -0.25) is 0 Å². The molecule has 2 saturated carbocycles. The predicted molar refractivity (Wildman–Crippen MR) is 90.5 cm³/mol. The SMILES string of the molecule is CC(/C=C(/CNC1CC1)C1CCCCC1)c1ccccc1. The van der Waals surface area contributed by atoms with Crippen molar-refractivity contribution in [1.29, 1.82) is 0 Å². The highest BCUT2D eigenvalue weighted by atomic mass is 14.9. The van der Waals surface area contributed by atoms with Crippen molar-refractivity contribution in [3.8, 4) is 0 Å². The van der Waals surface area contributed by atoms with E-state index in [1.165, 1.54) is 50.5 Å². The van der Waals surface area contributed by atoms with Gasteiger partial charge in [-0.1, -0.05) is 68.2 Å². The zero-order chi connectivity index (χ0) is 14.5. The number of allylic oxidation sites excluding steroid dienone is 1. The summed E-state index contributed by atoms with van der Waals surface area (Å²) in [4.78, 5) is 0. The molecule has 1 heteroatoms. The van der Waals surface area contributed by atoms with Crippen LogP contribution in [0, 0.1) is 5.92 Å². The molecule has 114 valence electrons. The van der Waals surface area contributed by atoms with Crippen LogP contribution in [0.2, 0.25) is 0 Å². The molecule has 0 radical (unpaired) electrons. The Bertz CT molecular complexity index is 452. The van der Waals surface area contributed by atoms with E-state index in [1.54, 1.807) is 5.57 Å². The minimum atomic E-state index is 0.532. The summed E-state index contributed by atoms with van der Waals surface area (Å²) in [5.41, 5.74) is 3.12. The molecule has 3 rings (SSSR count). The van der Waals surface area contributed by atoms with Gasteiger partial charge < -0.3 is 5.32 Å². The average molecular weight is 283 g/mol. The first-order valence-corrected chi connectivity index (χ1v) is 8.82. The maximum atomic E-state index is 3.74. The van der Waals surface area contributed by atoms with Gasteiger partial charge in [0.2, 0.25) is 0 Å². The molecule has 2 aliphatic rings. The molecule has 0 amide bonds. The lowest BCUT2D eigenvalue weighted by Gasteiger charge is -2.26. The van der Waals surface area contributed by atoms with Crippen LogP contribution in [0.4, 0.5) is 0 Å². The summed E-state index contributed by atoms with van der Waals surface area (Å²) in [7, 11) is 0. The number of benzene rings is 1. The van der Waals surface area contributed by atoms with Crippen LogP contribution in [0.15, 0.2) is 42.0 Å². The summed E-state index contributed by atoms with van der Waals surface area (Å²) in [5, 5.41) is 3.74. The lowest BCUT2D eigenvalue weighted by molar-refractivity contribution is 0.393. The second-order valence-electron chi connectivity index (χ2n) is 6.93. The highest BCUT2D eigenvalue weighted by molar-refractivity contribution is 5.26. The van der Waals surface area contributed by atoms with E-state index in [1.807, 2.05) is 0 Å². The van der Waals surface area contributed by atoms with Gasteiger partial charge >= 0.3 is 0 Å². The van der Waals surface area contributed by atoms with Gasteiger partial charge in [0.1, 0.15) is 0 Å². The summed E-state index contributed by atoms with van der Waals surface area (Å²) < 4.78 is 0. The van der Waals surface area contributed by atoms with E-state index in [0.717, 1.165) is 18.5 Å². The fraction of sp³-hybridized carbons (Fsp3) is 0.600. The molecule has 2 fully saturated rings. The molecule has 1 N–H and O–H groups in total. The van der Waals surface area contributed by atoms with E-state index in [9.17, 15) is 0 Å². The van der Waals surface area contributed by atoms with Crippen LogP contribution in [0.1, 0.15) is 63.4 Å². The molecule has 0 aromatic heterocycles. The molecule has 1 aromatic rings. The van der Waals surface area contributed by atoms with Crippen molar-refractivity contribution in [1.82, 2.24) is 5.32 Å². The molecule has 0 saturated heterocycles. The van der Waals surface area contributed by atoms with Gasteiger partial charge in [0, 0.05) is 12.6 Å². The Balaban J connectivity index is 1.70. The first kappa shape index (κ1) is 14.8. The van der Waals surface area contributed by atoms with Gasteiger partial charge in [-0.2, -0.15) is 0 Å². The molecular formula is C20H29N.